The summed E-state index contributed by atoms with van der Waals surface area (Å²) in [5.74, 6) is 1.76. The molecule has 1 aromatic carbocycles. The van der Waals surface area contributed by atoms with Gasteiger partial charge in [0.25, 0.3) is 0 Å². The van der Waals surface area contributed by atoms with Gasteiger partial charge >= 0.3 is 0 Å². The van der Waals surface area contributed by atoms with E-state index in [-0.39, 0.29) is 18.0 Å². The molecule has 1 aromatic heterocycles. The smallest absolute Gasteiger partial charge is 0.231 e. The van der Waals surface area contributed by atoms with Crippen LogP contribution in [0.15, 0.2) is 42.5 Å². The lowest BCUT2D eigenvalue weighted by Crippen LogP contribution is -2.23. The van der Waals surface area contributed by atoms with Gasteiger partial charge in [-0.3, -0.25) is 9.78 Å². The average Bonchev–Trinajstić information content (AvgIpc) is 3.40. The highest BCUT2D eigenvalue weighted by Crippen LogP contribution is 2.51. The number of pyridine rings is 1. The third-order valence-electron chi connectivity index (χ3n) is 5.98. The van der Waals surface area contributed by atoms with Crippen molar-refractivity contribution < 1.29 is 14.3 Å². The fourth-order valence-corrected chi connectivity index (χ4v) is 4.21. The molecule has 1 aliphatic heterocycles. The summed E-state index contributed by atoms with van der Waals surface area (Å²) in [6, 6.07) is 12.0. The lowest BCUT2D eigenvalue weighted by molar-refractivity contribution is -0.120. The number of ketones is 1. The quantitative estimate of drug-likeness (QED) is 0.780. The van der Waals surface area contributed by atoms with Crippen molar-refractivity contribution in [3.8, 4) is 11.5 Å². The topological polar surface area (TPSA) is 48.4 Å². The first-order chi connectivity index (χ1) is 13.2. The number of carbonyl (C=O) groups excluding carboxylic acids is 1. The van der Waals surface area contributed by atoms with E-state index in [4.69, 9.17) is 14.5 Å². The minimum absolute atomic E-state index is 0.253. The van der Waals surface area contributed by atoms with Crippen LogP contribution in [-0.2, 0) is 16.6 Å². The van der Waals surface area contributed by atoms with E-state index < -0.39 is 0 Å². The fraction of sp³-hybridized carbons (Fsp3) is 0.391. The second-order valence-corrected chi connectivity index (χ2v) is 7.74. The van der Waals surface area contributed by atoms with Crippen LogP contribution in [0.2, 0.25) is 0 Å². The summed E-state index contributed by atoms with van der Waals surface area (Å²) in [6.45, 7) is 0.256. The van der Waals surface area contributed by atoms with Crippen LogP contribution in [0.3, 0.4) is 0 Å². The molecule has 27 heavy (non-hydrogen) atoms. The third-order valence-corrected chi connectivity index (χ3v) is 5.98. The average molecular weight is 361 g/mol. The van der Waals surface area contributed by atoms with Crippen LogP contribution < -0.4 is 9.47 Å². The van der Waals surface area contributed by atoms with Gasteiger partial charge in [0, 0.05) is 12.1 Å². The first-order valence-corrected chi connectivity index (χ1v) is 9.83. The Kier molecular flexibility index (Phi) is 4.00. The summed E-state index contributed by atoms with van der Waals surface area (Å²) in [5, 5.41) is 0. The van der Waals surface area contributed by atoms with Crippen molar-refractivity contribution >= 4 is 11.4 Å². The zero-order valence-electron chi connectivity index (χ0n) is 15.4. The zero-order chi connectivity index (χ0) is 18.3. The molecule has 0 unspecified atom stereocenters. The minimum Gasteiger partial charge on any atom is -0.454 e. The van der Waals surface area contributed by atoms with Gasteiger partial charge in [0.1, 0.15) is 5.78 Å². The number of allylic oxidation sites excluding steroid dienone is 2. The largest absolute Gasteiger partial charge is 0.454 e. The van der Waals surface area contributed by atoms with Gasteiger partial charge in [-0.1, -0.05) is 18.2 Å². The second-order valence-electron chi connectivity index (χ2n) is 7.74. The van der Waals surface area contributed by atoms with Crippen LogP contribution in [0, 0.1) is 0 Å². The molecule has 0 saturated heterocycles. The molecule has 4 nitrogen and oxygen atoms in total. The third kappa shape index (κ3) is 3.03. The zero-order valence-corrected chi connectivity index (χ0v) is 15.4. The standard InChI is InChI=1S/C23H23NO3/c25-22(14-18-7-4-8-19(24-18)16-5-2-1-3-6-16)23(11-12-23)17-9-10-20-21(13-17)27-15-26-20/h4-5,7-10,13H,1-3,6,11-12,14-15H2. The molecule has 2 aliphatic carbocycles. The van der Waals surface area contributed by atoms with Gasteiger partial charge in [-0.15, -0.1) is 0 Å². The SMILES string of the molecule is O=C(Cc1cccc(C2=CCCCC2)n1)C1(c2ccc3c(c2)OCO3)CC1. The Morgan fingerprint density at radius 2 is 1.96 bits per heavy atom. The van der Waals surface area contributed by atoms with E-state index >= 15 is 0 Å². The van der Waals surface area contributed by atoms with E-state index in [0.29, 0.717) is 6.42 Å². The molecule has 3 aliphatic rings. The van der Waals surface area contributed by atoms with Gasteiger partial charge < -0.3 is 9.47 Å². The molecule has 0 radical (unpaired) electrons. The van der Waals surface area contributed by atoms with E-state index in [9.17, 15) is 4.79 Å². The summed E-state index contributed by atoms with van der Waals surface area (Å²) in [6.07, 6.45) is 9.19. The van der Waals surface area contributed by atoms with Gasteiger partial charge in [-0.2, -0.15) is 0 Å². The summed E-state index contributed by atoms with van der Waals surface area (Å²) < 4.78 is 10.9. The Balaban J connectivity index is 1.37. The monoisotopic (exact) mass is 361 g/mol. The maximum absolute atomic E-state index is 13.2. The van der Waals surface area contributed by atoms with Crippen molar-refractivity contribution in [1.82, 2.24) is 4.98 Å². The summed E-state index contributed by atoms with van der Waals surface area (Å²) in [4.78, 5) is 18.0. The molecular formula is C23H23NO3. The maximum Gasteiger partial charge on any atom is 0.231 e. The van der Waals surface area contributed by atoms with E-state index in [1.54, 1.807) is 0 Å². The summed E-state index contributed by atoms with van der Waals surface area (Å²) in [5.41, 5.74) is 3.90. The molecule has 0 atom stereocenters. The molecule has 0 N–H and O–H groups in total. The molecule has 138 valence electrons. The highest BCUT2D eigenvalue weighted by atomic mass is 16.7. The predicted molar refractivity (Wildman–Crippen MR) is 103 cm³/mol. The molecule has 4 heteroatoms. The lowest BCUT2D eigenvalue weighted by Gasteiger charge is -2.16. The van der Waals surface area contributed by atoms with Gasteiger partial charge in [0.2, 0.25) is 6.79 Å². The molecule has 2 aromatic rings. The molecule has 2 heterocycles. The number of aromatic nitrogens is 1. The molecule has 0 spiro atoms. The fourth-order valence-electron chi connectivity index (χ4n) is 4.21. The van der Waals surface area contributed by atoms with E-state index in [0.717, 1.165) is 54.1 Å². The number of hydrogen-bond donors (Lipinski definition) is 0. The highest BCUT2D eigenvalue weighted by molar-refractivity contribution is 5.94. The number of Topliss-reactive ketones (excluding diaryl/α,β-unsaturated/α-hetero) is 1. The van der Waals surface area contributed by atoms with Gasteiger partial charge in [-0.25, -0.2) is 0 Å². The molecular weight excluding hydrogens is 338 g/mol. The lowest BCUT2D eigenvalue weighted by atomic mass is 9.88. The number of hydrogen-bond acceptors (Lipinski definition) is 4. The number of fused-ring (bicyclic) bond motifs is 1. The van der Waals surface area contributed by atoms with Gasteiger partial charge in [0.15, 0.2) is 11.5 Å². The highest BCUT2D eigenvalue weighted by Gasteiger charge is 2.50. The molecule has 1 saturated carbocycles. The van der Waals surface area contributed by atoms with Crippen molar-refractivity contribution in [3.05, 3.63) is 59.4 Å². The first kappa shape index (κ1) is 16.5. The van der Waals surface area contributed by atoms with Crippen molar-refractivity contribution in [3.63, 3.8) is 0 Å². The number of benzene rings is 1. The molecule has 0 bridgehead atoms. The van der Waals surface area contributed by atoms with Crippen LogP contribution >= 0.6 is 0 Å². The van der Waals surface area contributed by atoms with E-state index in [2.05, 4.69) is 12.1 Å². The maximum atomic E-state index is 13.2. The number of carbonyl (C=O) groups is 1. The van der Waals surface area contributed by atoms with E-state index in [1.807, 2.05) is 30.3 Å². The first-order valence-electron chi connectivity index (χ1n) is 9.83. The van der Waals surface area contributed by atoms with Crippen LogP contribution in [0.25, 0.3) is 5.57 Å². The Hall–Kier alpha value is -2.62. The molecule has 1 fully saturated rings. The van der Waals surface area contributed by atoms with Crippen LogP contribution in [0.1, 0.15) is 55.5 Å². The van der Waals surface area contributed by atoms with Gasteiger partial charge in [-0.05, 0) is 73.9 Å². The molecule has 0 amide bonds. The van der Waals surface area contributed by atoms with E-state index in [1.165, 1.54) is 18.4 Å². The summed E-state index contributed by atoms with van der Waals surface area (Å²) in [7, 11) is 0. The number of ether oxygens (including phenoxy) is 2. The second kappa shape index (κ2) is 6.52. The van der Waals surface area contributed by atoms with Crippen molar-refractivity contribution in [2.24, 2.45) is 0 Å². The van der Waals surface area contributed by atoms with Crippen molar-refractivity contribution in [2.45, 2.75) is 50.4 Å². The summed E-state index contributed by atoms with van der Waals surface area (Å²) >= 11 is 0. The van der Waals surface area contributed by atoms with Crippen molar-refractivity contribution in [1.29, 1.82) is 0 Å². The van der Waals surface area contributed by atoms with Crippen molar-refractivity contribution in [2.75, 3.05) is 6.79 Å². The Bertz CT molecular complexity index is 927. The molecule has 5 rings (SSSR count). The predicted octanol–water partition coefficient (Wildman–Crippen LogP) is 4.61. The van der Waals surface area contributed by atoms with Crippen LogP contribution in [0.4, 0.5) is 0 Å². The number of nitrogens with zero attached hydrogens (tertiary/aromatic N) is 1. The van der Waals surface area contributed by atoms with Crippen LogP contribution in [-0.4, -0.2) is 17.6 Å². The van der Waals surface area contributed by atoms with Gasteiger partial charge in [0.05, 0.1) is 11.1 Å². The Morgan fingerprint density at radius 3 is 2.78 bits per heavy atom. The Labute approximate surface area is 159 Å². The van der Waals surface area contributed by atoms with Crippen LogP contribution in [0.5, 0.6) is 11.5 Å². The minimum atomic E-state index is -0.372. The normalized spacial score (nSPS) is 19.5. The Morgan fingerprint density at radius 1 is 1.07 bits per heavy atom. The number of rotatable bonds is 5.